The number of benzene rings is 2. The Kier molecular flexibility index (Phi) is 6.84. The van der Waals surface area contributed by atoms with Gasteiger partial charge >= 0.3 is 0 Å². The molecule has 3 unspecified atom stereocenters. The normalized spacial score (nSPS) is 22.2. The molecule has 0 aliphatic carbocycles. The van der Waals surface area contributed by atoms with Crippen molar-refractivity contribution in [1.29, 1.82) is 0 Å². The van der Waals surface area contributed by atoms with Crippen molar-refractivity contribution < 1.29 is 22.8 Å². The number of amides is 3. The number of nitrogens with zero attached hydrogens (tertiary/aromatic N) is 2. The van der Waals surface area contributed by atoms with Crippen LogP contribution in [0.15, 0.2) is 41.3 Å². The van der Waals surface area contributed by atoms with Crippen molar-refractivity contribution in [3.63, 3.8) is 0 Å². The molecule has 2 aromatic carbocycles. The van der Waals surface area contributed by atoms with E-state index in [9.17, 15) is 22.8 Å². The third kappa shape index (κ3) is 4.89. The van der Waals surface area contributed by atoms with Crippen molar-refractivity contribution in [2.45, 2.75) is 43.2 Å². The van der Waals surface area contributed by atoms with Gasteiger partial charge in [0.05, 0.1) is 10.8 Å². The van der Waals surface area contributed by atoms with Gasteiger partial charge in [0.25, 0.3) is 0 Å². The first-order valence-corrected chi connectivity index (χ1v) is 13.0. The molecule has 0 aromatic heterocycles. The lowest BCUT2D eigenvalue weighted by molar-refractivity contribution is -0.145. The number of hydrogen-bond donors (Lipinski definition) is 2. The maximum atomic E-state index is 13.0. The predicted molar refractivity (Wildman–Crippen MR) is 127 cm³/mol. The molecule has 2 aliphatic heterocycles. The Morgan fingerprint density at radius 1 is 1.12 bits per heavy atom. The quantitative estimate of drug-likeness (QED) is 0.613. The minimum Gasteiger partial charge on any atom is -0.369 e. The van der Waals surface area contributed by atoms with E-state index in [4.69, 9.17) is 17.3 Å². The van der Waals surface area contributed by atoms with Gasteiger partial charge in [-0.15, -0.1) is 0 Å². The van der Waals surface area contributed by atoms with Crippen LogP contribution in [0, 0.1) is 5.92 Å². The Labute approximate surface area is 203 Å². The first kappa shape index (κ1) is 24.4. The lowest BCUT2D eigenvalue weighted by Crippen LogP contribution is -2.53. The minimum atomic E-state index is -3.96. The minimum absolute atomic E-state index is 0.0449. The third-order valence-electron chi connectivity index (χ3n) is 6.58. The molecule has 4 rings (SSSR count). The van der Waals surface area contributed by atoms with E-state index in [-0.39, 0.29) is 30.3 Å². The zero-order valence-electron chi connectivity index (χ0n) is 18.7. The lowest BCUT2D eigenvalue weighted by Gasteiger charge is -2.35. The van der Waals surface area contributed by atoms with Crippen LogP contribution in [0.2, 0.25) is 5.02 Å². The van der Waals surface area contributed by atoms with Gasteiger partial charge in [0.1, 0.15) is 12.1 Å². The SMILES string of the molecule is CC(C(=O)N1CCCC(C(N)=O)C1)N1CCC(NS(=O)(=O)c2ccc3cc(Cl)ccc3c2)C1=O. The third-order valence-corrected chi connectivity index (χ3v) is 8.29. The molecule has 2 aliphatic rings. The van der Waals surface area contributed by atoms with Crippen LogP contribution >= 0.6 is 11.6 Å². The second-order valence-corrected chi connectivity index (χ2v) is 11.0. The smallest absolute Gasteiger partial charge is 0.245 e. The molecule has 2 aromatic rings. The fourth-order valence-corrected chi connectivity index (χ4v) is 6.06. The molecule has 11 heteroatoms. The Morgan fingerprint density at radius 2 is 1.82 bits per heavy atom. The summed E-state index contributed by atoms with van der Waals surface area (Å²) in [5.74, 6) is -1.54. The molecular formula is C23H27ClN4O5S. The average Bonchev–Trinajstić information content (AvgIpc) is 3.16. The molecule has 0 bridgehead atoms. The van der Waals surface area contributed by atoms with Crippen molar-refractivity contribution in [2.75, 3.05) is 19.6 Å². The summed E-state index contributed by atoms with van der Waals surface area (Å²) in [5, 5.41) is 2.07. The molecule has 0 radical (unpaired) electrons. The van der Waals surface area contributed by atoms with Crippen LogP contribution in [0.1, 0.15) is 26.2 Å². The number of sulfonamides is 1. The Morgan fingerprint density at radius 3 is 2.56 bits per heavy atom. The van der Waals surface area contributed by atoms with Crippen molar-refractivity contribution in [2.24, 2.45) is 11.7 Å². The van der Waals surface area contributed by atoms with E-state index >= 15 is 0 Å². The van der Waals surface area contributed by atoms with Crippen LogP contribution in [0.5, 0.6) is 0 Å². The van der Waals surface area contributed by atoms with Gasteiger partial charge in [-0.05, 0) is 61.2 Å². The number of rotatable bonds is 6. The van der Waals surface area contributed by atoms with E-state index in [0.717, 1.165) is 5.39 Å². The molecule has 3 atom stereocenters. The summed E-state index contributed by atoms with van der Waals surface area (Å²) < 4.78 is 28.4. The molecule has 0 saturated carbocycles. The van der Waals surface area contributed by atoms with Crippen LogP contribution in [0.25, 0.3) is 10.8 Å². The van der Waals surface area contributed by atoms with E-state index in [2.05, 4.69) is 4.72 Å². The van der Waals surface area contributed by atoms with Crippen LogP contribution in [0.4, 0.5) is 0 Å². The Hall–Kier alpha value is -2.69. The van der Waals surface area contributed by atoms with Crippen molar-refractivity contribution in [3.8, 4) is 0 Å². The molecule has 34 heavy (non-hydrogen) atoms. The van der Waals surface area contributed by atoms with Gasteiger partial charge in [0.15, 0.2) is 0 Å². The first-order chi connectivity index (χ1) is 16.1. The van der Waals surface area contributed by atoms with E-state index in [1.54, 1.807) is 36.1 Å². The summed E-state index contributed by atoms with van der Waals surface area (Å²) in [7, 11) is -3.96. The van der Waals surface area contributed by atoms with Crippen LogP contribution in [-0.4, -0.2) is 67.7 Å². The zero-order valence-corrected chi connectivity index (χ0v) is 20.3. The second-order valence-electron chi connectivity index (χ2n) is 8.85. The number of likely N-dealkylation sites (tertiary alicyclic amines) is 2. The monoisotopic (exact) mass is 506 g/mol. The summed E-state index contributed by atoms with van der Waals surface area (Å²) in [4.78, 5) is 40.5. The van der Waals surface area contributed by atoms with E-state index in [1.165, 1.54) is 17.0 Å². The molecular weight excluding hydrogens is 480 g/mol. The number of fused-ring (bicyclic) bond motifs is 1. The van der Waals surface area contributed by atoms with Crippen LogP contribution < -0.4 is 10.5 Å². The fourth-order valence-electron chi connectivity index (χ4n) is 4.62. The molecule has 182 valence electrons. The molecule has 2 saturated heterocycles. The molecule has 2 heterocycles. The van der Waals surface area contributed by atoms with Crippen LogP contribution in [0.3, 0.4) is 0 Å². The maximum Gasteiger partial charge on any atom is 0.245 e. The van der Waals surface area contributed by atoms with Crippen molar-refractivity contribution in [1.82, 2.24) is 14.5 Å². The average molecular weight is 507 g/mol. The van der Waals surface area contributed by atoms with Gasteiger partial charge < -0.3 is 15.5 Å². The highest BCUT2D eigenvalue weighted by Gasteiger charge is 2.41. The van der Waals surface area contributed by atoms with Gasteiger partial charge in [0, 0.05) is 24.7 Å². The summed E-state index contributed by atoms with van der Waals surface area (Å²) in [6, 6.07) is 8.09. The number of hydrogen-bond acceptors (Lipinski definition) is 5. The van der Waals surface area contributed by atoms with Gasteiger partial charge in [-0.2, -0.15) is 4.72 Å². The number of carbonyl (C=O) groups is 3. The Bertz CT molecular complexity index is 1250. The summed E-state index contributed by atoms with van der Waals surface area (Å²) in [6.45, 7) is 2.61. The molecule has 2 fully saturated rings. The van der Waals surface area contributed by atoms with E-state index in [1.807, 2.05) is 0 Å². The second kappa shape index (κ2) is 9.52. The van der Waals surface area contributed by atoms with Crippen molar-refractivity contribution >= 4 is 50.1 Å². The number of carbonyl (C=O) groups excluding carboxylic acids is 3. The molecule has 0 spiro atoms. The number of nitrogens with one attached hydrogen (secondary N) is 1. The van der Waals surface area contributed by atoms with Gasteiger partial charge in [-0.3, -0.25) is 14.4 Å². The summed E-state index contributed by atoms with van der Waals surface area (Å²) in [6.07, 6.45) is 1.56. The number of primary amides is 1. The lowest BCUT2D eigenvalue weighted by atomic mass is 9.97. The highest BCUT2D eigenvalue weighted by atomic mass is 35.5. The number of halogens is 1. The van der Waals surface area contributed by atoms with Crippen LogP contribution in [-0.2, 0) is 24.4 Å². The predicted octanol–water partition coefficient (Wildman–Crippen LogP) is 1.48. The first-order valence-electron chi connectivity index (χ1n) is 11.2. The molecule has 9 nitrogen and oxygen atoms in total. The number of piperidine rings is 1. The van der Waals surface area contributed by atoms with Gasteiger partial charge in [-0.1, -0.05) is 23.7 Å². The van der Waals surface area contributed by atoms with E-state index < -0.39 is 39.8 Å². The molecule has 3 N–H and O–H groups in total. The van der Waals surface area contributed by atoms with Gasteiger partial charge in [0.2, 0.25) is 27.7 Å². The zero-order chi connectivity index (χ0) is 24.6. The summed E-state index contributed by atoms with van der Waals surface area (Å²) >= 11 is 5.99. The highest BCUT2D eigenvalue weighted by molar-refractivity contribution is 7.89. The topological polar surface area (TPSA) is 130 Å². The van der Waals surface area contributed by atoms with E-state index in [0.29, 0.717) is 29.8 Å². The standard InChI is InChI=1S/C23H27ClN4O5S/c1-14(22(30)27-9-2-3-17(13-27)21(25)29)28-10-8-20(23(28)31)26-34(32,33)19-7-5-15-11-18(24)6-4-16(15)12-19/h4-7,11-12,14,17,20,26H,2-3,8-10,13H2,1H3,(H2,25,29). The fraction of sp³-hybridized carbons (Fsp3) is 0.435. The summed E-state index contributed by atoms with van der Waals surface area (Å²) in [5.41, 5.74) is 5.40. The molecule has 3 amide bonds. The van der Waals surface area contributed by atoms with Gasteiger partial charge in [-0.25, -0.2) is 8.42 Å². The largest absolute Gasteiger partial charge is 0.369 e. The maximum absolute atomic E-state index is 13.0. The highest BCUT2D eigenvalue weighted by Crippen LogP contribution is 2.25. The van der Waals surface area contributed by atoms with Crippen molar-refractivity contribution in [3.05, 3.63) is 41.4 Å². The Balaban J connectivity index is 1.44. The number of nitrogens with two attached hydrogens (primary N) is 1.